The second-order valence-electron chi connectivity index (χ2n) is 3.87. The number of thiazole rings is 1. The minimum absolute atomic E-state index is 0.807. The Morgan fingerprint density at radius 3 is 2.88 bits per heavy atom. The van der Waals surface area contributed by atoms with Gasteiger partial charge < -0.3 is 10.6 Å². The first-order valence-corrected chi connectivity index (χ1v) is 6.01. The molecule has 0 spiro atoms. The molecule has 0 atom stereocenters. The van der Waals surface area contributed by atoms with Gasteiger partial charge in [-0.25, -0.2) is 4.98 Å². The second kappa shape index (κ2) is 4.53. The van der Waals surface area contributed by atoms with Crippen molar-refractivity contribution in [2.75, 3.05) is 17.7 Å². The third-order valence-electron chi connectivity index (χ3n) is 2.30. The molecule has 3 nitrogen and oxygen atoms in total. The first-order valence-electron chi connectivity index (χ1n) is 5.13. The van der Waals surface area contributed by atoms with Crippen LogP contribution in [-0.4, -0.2) is 12.0 Å². The molecule has 0 saturated heterocycles. The van der Waals surface area contributed by atoms with Gasteiger partial charge in [-0.3, -0.25) is 0 Å². The standard InChI is InChI=1S/C12H15N3S/c1-9-8-16-12(14-9)15(2)7-10-4-3-5-11(13)6-10/h3-6,8H,7,13H2,1-2H3. The minimum Gasteiger partial charge on any atom is -0.399 e. The van der Waals surface area contributed by atoms with Crippen molar-refractivity contribution in [1.82, 2.24) is 4.98 Å². The maximum absolute atomic E-state index is 5.75. The van der Waals surface area contributed by atoms with Crippen LogP contribution in [0.5, 0.6) is 0 Å². The summed E-state index contributed by atoms with van der Waals surface area (Å²) in [7, 11) is 2.04. The fourth-order valence-corrected chi connectivity index (χ4v) is 2.32. The Morgan fingerprint density at radius 2 is 2.25 bits per heavy atom. The molecule has 16 heavy (non-hydrogen) atoms. The second-order valence-corrected chi connectivity index (χ2v) is 4.71. The summed E-state index contributed by atoms with van der Waals surface area (Å²) in [5.74, 6) is 0. The van der Waals surface area contributed by atoms with Gasteiger partial charge in [0, 0.05) is 24.7 Å². The zero-order chi connectivity index (χ0) is 11.5. The van der Waals surface area contributed by atoms with Crippen molar-refractivity contribution < 1.29 is 0 Å². The number of hydrogen-bond donors (Lipinski definition) is 1. The monoisotopic (exact) mass is 233 g/mol. The third kappa shape index (κ3) is 2.52. The molecule has 4 heteroatoms. The molecule has 0 aliphatic rings. The molecule has 1 aromatic carbocycles. The molecule has 2 aromatic rings. The molecule has 0 fully saturated rings. The Bertz CT molecular complexity index is 479. The lowest BCUT2D eigenvalue weighted by Gasteiger charge is -2.15. The van der Waals surface area contributed by atoms with Crippen molar-refractivity contribution in [3.05, 3.63) is 40.9 Å². The third-order valence-corrected chi connectivity index (χ3v) is 3.38. The van der Waals surface area contributed by atoms with Crippen LogP contribution in [-0.2, 0) is 6.54 Å². The zero-order valence-corrected chi connectivity index (χ0v) is 10.3. The van der Waals surface area contributed by atoms with Crippen molar-refractivity contribution in [1.29, 1.82) is 0 Å². The predicted octanol–water partition coefficient (Wildman–Crippen LogP) is 2.67. The van der Waals surface area contributed by atoms with Crippen molar-refractivity contribution in [2.24, 2.45) is 0 Å². The molecule has 0 amide bonds. The summed E-state index contributed by atoms with van der Waals surface area (Å²) in [6.07, 6.45) is 0. The van der Waals surface area contributed by atoms with Gasteiger partial charge in [0.25, 0.3) is 0 Å². The molecule has 1 heterocycles. The van der Waals surface area contributed by atoms with Gasteiger partial charge in [-0.05, 0) is 24.6 Å². The highest BCUT2D eigenvalue weighted by Crippen LogP contribution is 2.20. The van der Waals surface area contributed by atoms with Crippen molar-refractivity contribution in [3.63, 3.8) is 0 Å². The molecule has 1 aromatic heterocycles. The quantitative estimate of drug-likeness (QED) is 0.829. The summed E-state index contributed by atoms with van der Waals surface area (Å²) >= 11 is 1.66. The summed E-state index contributed by atoms with van der Waals surface area (Å²) in [5.41, 5.74) is 8.83. The molecule has 2 rings (SSSR count). The first kappa shape index (κ1) is 11.0. The number of nitrogen functional groups attached to an aromatic ring is 1. The summed E-state index contributed by atoms with van der Waals surface area (Å²) in [6.45, 7) is 2.84. The Hall–Kier alpha value is -1.55. The smallest absolute Gasteiger partial charge is 0.185 e. The summed E-state index contributed by atoms with van der Waals surface area (Å²) < 4.78 is 0. The number of aryl methyl sites for hydroxylation is 1. The number of hydrogen-bond acceptors (Lipinski definition) is 4. The van der Waals surface area contributed by atoms with Crippen LogP contribution in [0.1, 0.15) is 11.3 Å². The van der Waals surface area contributed by atoms with Gasteiger partial charge >= 0.3 is 0 Å². The first-order chi connectivity index (χ1) is 7.65. The van der Waals surface area contributed by atoms with E-state index >= 15 is 0 Å². The normalized spacial score (nSPS) is 10.4. The molecule has 0 radical (unpaired) electrons. The highest BCUT2D eigenvalue weighted by atomic mass is 32.1. The highest BCUT2D eigenvalue weighted by Gasteiger charge is 2.05. The van der Waals surface area contributed by atoms with Gasteiger partial charge in [0.2, 0.25) is 0 Å². The predicted molar refractivity (Wildman–Crippen MR) is 69.8 cm³/mol. The van der Waals surface area contributed by atoms with E-state index < -0.39 is 0 Å². The van der Waals surface area contributed by atoms with E-state index in [4.69, 9.17) is 5.73 Å². The molecular weight excluding hydrogens is 218 g/mol. The average Bonchev–Trinajstić information content (AvgIpc) is 2.65. The summed E-state index contributed by atoms with van der Waals surface area (Å²) in [4.78, 5) is 6.57. The summed E-state index contributed by atoms with van der Waals surface area (Å²) in [5, 5.41) is 3.10. The maximum atomic E-state index is 5.75. The van der Waals surface area contributed by atoms with E-state index in [1.165, 1.54) is 5.56 Å². The fraction of sp³-hybridized carbons (Fsp3) is 0.250. The van der Waals surface area contributed by atoms with Gasteiger partial charge in [-0.2, -0.15) is 0 Å². The zero-order valence-electron chi connectivity index (χ0n) is 9.47. The molecule has 0 bridgehead atoms. The molecule has 2 N–H and O–H groups in total. The van der Waals surface area contributed by atoms with Crippen LogP contribution < -0.4 is 10.6 Å². The van der Waals surface area contributed by atoms with Crippen LogP contribution in [0.4, 0.5) is 10.8 Å². The van der Waals surface area contributed by atoms with Crippen LogP contribution in [0, 0.1) is 6.92 Å². The lowest BCUT2D eigenvalue weighted by Crippen LogP contribution is -2.16. The SMILES string of the molecule is Cc1csc(N(C)Cc2cccc(N)c2)n1. The number of nitrogens with zero attached hydrogens (tertiary/aromatic N) is 2. The van der Waals surface area contributed by atoms with Crippen LogP contribution in [0.15, 0.2) is 29.6 Å². The lowest BCUT2D eigenvalue weighted by atomic mass is 10.2. The number of aromatic nitrogens is 1. The van der Waals surface area contributed by atoms with E-state index in [1.807, 2.05) is 32.2 Å². The van der Waals surface area contributed by atoms with Crippen LogP contribution in [0.3, 0.4) is 0 Å². The van der Waals surface area contributed by atoms with E-state index in [2.05, 4.69) is 21.3 Å². The van der Waals surface area contributed by atoms with E-state index in [1.54, 1.807) is 11.3 Å². The molecule has 84 valence electrons. The molecule has 0 unspecified atom stereocenters. The maximum Gasteiger partial charge on any atom is 0.185 e. The van der Waals surface area contributed by atoms with Gasteiger partial charge in [0.05, 0.1) is 5.69 Å². The van der Waals surface area contributed by atoms with Crippen molar-refractivity contribution in [2.45, 2.75) is 13.5 Å². The van der Waals surface area contributed by atoms with E-state index in [-0.39, 0.29) is 0 Å². The Labute approximate surface area is 99.5 Å². The number of anilines is 2. The van der Waals surface area contributed by atoms with Crippen LogP contribution in [0.25, 0.3) is 0 Å². The molecular formula is C12H15N3S. The van der Waals surface area contributed by atoms with E-state index in [0.29, 0.717) is 0 Å². The Balaban J connectivity index is 2.10. The topological polar surface area (TPSA) is 42.1 Å². The van der Waals surface area contributed by atoms with Gasteiger partial charge in [-0.15, -0.1) is 11.3 Å². The average molecular weight is 233 g/mol. The summed E-state index contributed by atoms with van der Waals surface area (Å²) in [6, 6.07) is 7.95. The van der Waals surface area contributed by atoms with Crippen molar-refractivity contribution in [3.8, 4) is 0 Å². The van der Waals surface area contributed by atoms with Crippen LogP contribution in [0.2, 0.25) is 0 Å². The Kier molecular flexibility index (Phi) is 3.10. The van der Waals surface area contributed by atoms with Crippen molar-refractivity contribution >= 4 is 22.2 Å². The van der Waals surface area contributed by atoms with Crippen LogP contribution >= 0.6 is 11.3 Å². The number of benzene rings is 1. The Morgan fingerprint density at radius 1 is 1.44 bits per heavy atom. The van der Waals surface area contributed by atoms with E-state index in [0.717, 1.165) is 23.1 Å². The molecule has 0 aliphatic heterocycles. The lowest BCUT2D eigenvalue weighted by molar-refractivity contribution is 0.911. The van der Waals surface area contributed by atoms with E-state index in [9.17, 15) is 0 Å². The minimum atomic E-state index is 0.807. The fourth-order valence-electron chi connectivity index (χ4n) is 1.55. The molecule has 0 aliphatic carbocycles. The van der Waals surface area contributed by atoms with Gasteiger partial charge in [0.15, 0.2) is 5.13 Å². The number of rotatable bonds is 3. The highest BCUT2D eigenvalue weighted by molar-refractivity contribution is 7.13. The largest absolute Gasteiger partial charge is 0.399 e. The molecule has 0 saturated carbocycles. The number of nitrogens with two attached hydrogens (primary N) is 1. The van der Waals surface area contributed by atoms with Gasteiger partial charge in [-0.1, -0.05) is 12.1 Å². The van der Waals surface area contributed by atoms with Gasteiger partial charge in [0.1, 0.15) is 0 Å².